The Bertz CT molecular complexity index is 1690. The van der Waals surface area contributed by atoms with Gasteiger partial charge in [0, 0.05) is 23.7 Å². The average molecular weight is 533 g/mol. The zero-order chi connectivity index (χ0) is 27.5. The minimum Gasteiger partial charge on any atom is -0.507 e. The van der Waals surface area contributed by atoms with Crippen LogP contribution in [0.15, 0.2) is 85.1 Å². The monoisotopic (exact) mass is 532 g/mol. The average Bonchev–Trinajstić information content (AvgIpc) is 3.38. The van der Waals surface area contributed by atoms with E-state index < -0.39 is 5.91 Å². The van der Waals surface area contributed by atoms with Crippen LogP contribution in [-0.4, -0.2) is 43.3 Å². The fraction of sp³-hybridized carbons (Fsp3) is 0.194. The number of fused-ring (bicyclic) bond motifs is 1. The van der Waals surface area contributed by atoms with Crippen molar-refractivity contribution in [3.8, 4) is 17.0 Å². The largest absolute Gasteiger partial charge is 0.507 e. The molecule has 0 bridgehead atoms. The topological polar surface area (TPSA) is 122 Å². The lowest BCUT2D eigenvalue weighted by Gasteiger charge is -2.25. The number of phenolic OH excluding ortho intramolecular Hbond substituents is 1. The Hall–Kier alpha value is -5.05. The van der Waals surface area contributed by atoms with Crippen LogP contribution in [0.5, 0.6) is 5.75 Å². The zero-order valence-corrected chi connectivity index (χ0v) is 21.7. The number of amides is 2. The van der Waals surface area contributed by atoms with E-state index in [1.807, 2.05) is 54.6 Å². The number of hydrogen-bond acceptors (Lipinski definition) is 6. The molecule has 2 amide bonds. The Labute approximate surface area is 230 Å². The van der Waals surface area contributed by atoms with Crippen LogP contribution in [-0.2, 0) is 6.42 Å². The molecule has 1 aliphatic rings. The lowest BCUT2D eigenvalue weighted by Crippen LogP contribution is -2.33. The second-order valence-electron chi connectivity index (χ2n) is 9.89. The number of carbonyl (C=O) groups excluding carboxylic acids is 2. The van der Waals surface area contributed by atoms with Crippen LogP contribution < -0.4 is 10.6 Å². The third kappa shape index (κ3) is 5.26. The Balaban J connectivity index is 1.22. The summed E-state index contributed by atoms with van der Waals surface area (Å²) in [6.45, 7) is 0.479. The molecule has 1 fully saturated rings. The minimum absolute atomic E-state index is 0.00205. The maximum Gasteiger partial charge on any atom is 0.342 e. The minimum atomic E-state index is -0.423. The van der Waals surface area contributed by atoms with Gasteiger partial charge in [-0.15, -0.1) is 0 Å². The first-order valence-corrected chi connectivity index (χ1v) is 13.3. The van der Waals surface area contributed by atoms with Gasteiger partial charge in [0.25, 0.3) is 5.91 Å². The first kappa shape index (κ1) is 25.2. The first-order chi connectivity index (χ1) is 19.5. The molecule has 9 nitrogen and oxygen atoms in total. The zero-order valence-electron chi connectivity index (χ0n) is 21.7. The van der Waals surface area contributed by atoms with E-state index in [0.29, 0.717) is 40.9 Å². The molecule has 200 valence electrons. The molecule has 0 aliphatic heterocycles. The van der Waals surface area contributed by atoms with Crippen molar-refractivity contribution in [1.82, 2.24) is 25.1 Å². The van der Waals surface area contributed by atoms with Crippen LogP contribution in [0.2, 0.25) is 0 Å². The maximum absolute atomic E-state index is 13.1. The maximum atomic E-state index is 13.1. The van der Waals surface area contributed by atoms with Crippen molar-refractivity contribution in [1.29, 1.82) is 0 Å². The van der Waals surface area contributed by atoms with Gasteiger partial charge in [-0.1, -0.05) is 48.9 Å². The highest BCUT2D eigenvalue weighted by Gasteiger charge is 2.27. The molecule has 3 N–H and O–H groups in total. The summed E-state index contributed by atoms with van der Waals surface area (Å²) in [5, 5.41) is 21.1. The van der Waals surface area contributed by atoms with Gasteiger partial charge in [0.1, 0.15) is 11.4 Å². The predicted octanol–water partition coefficient (Wildman–Crippen LogP) is 5.52. The van der Waals surface area contributed by atoms with Gasteiger partial charge < -0.3 is 15.7 Å². The lowest BCUT2D eigenvalue weighted by atomic mass is 9.82. The van der Waals surface area contributed by atoms with Crippen LogP contribution in [0, 0.1) is 0 Å². The molecule has 3 aromatic carbocycles. The third-order valence-corrected chi connectivity index (χ3v) is 7.20. The normalized spacial score (nSPS) is 13.1. The fourth-order valence-corrected chi connectivity index (χ4v) is 4.80. The summed E-state index contributed by atoms with van der Waals surface area (Å²) in [5.41, 5.74) is 4.79. The fourth-order valence-electron chi connectivity index (χ4n) is 4.80. The third-order valence-electron chi connectivity index (χ3n) is 7.20. The summed E-state index contributed by atoms with van der Waals surface area (Å²) < 4.78 is 1.42. The van der Waals surface area contributed by atoms with Gasteiger partial charge in [0.05, 0.1) is 28.6 Å². The second-order valence-corrected chi connectivity index (χ2v) is 9.89. The van der Waals surface area contributed by atoms with Crippen molar-refractivity contribution in [2.24, 2.45) is 0 Å². The van der Waals surface area contributed by atoms with Gasteiger partial charge in [-0.3, -0.25) is 9.78 Å². The van der Waals surface area contributed by atoms with Crippen molar-refractivity contribution < 1.29 is 14.7 Å². The summed E-state index contributed by atoms with van der Waals surface area (Å²) in [6.07, 6.45) is 5.21. The molecule has 0 saturated heterocycles. The van der Waals surface area contributed by atoms with Crippen molar-refractivity contribution in [3.05, 3.63) is 102 Å². The summed E-state index contributed by atoms with van der Waals surface area (Å²) in [7, 11) is 0. The van der Waals surface area contributed by atoms with E-state index in [9.17, 15) is 14.7 Å². The number of aromatic hydroxyl groups is 1. The lowest BCUT2D eigenvalue weighted by molar-refractivity contribution is 0.102. The van der Waals surface area contributed by atoms with E-state index in [1.54, 1.807) is 18.2 Å². The highest BCUT2D eigenvalue weighted by atomic mass is 16.3. The Morgan fingerprint density at radius 3 is 2.50 bits per heavy atom. The van der Waals surface area contributed by atoms with Crippen molar-refractivity contribution >= 4 is 28.7 Å². The molecular formula is C31H28N6O3. The predicted molar refractivity (Wildman–Crippen MR) is 152 cm³/mol. The molecule has 0 unspecified atom stereocenters. The number of nitrogens with one attached hydrogen (secondary N) is 2. The Morgan fingerprint density at radius 1 is 0.950 bits per heavy atom. The number of carbonyl (C=O) groups is 2. The van der Waals surface area contributed by atoms with Crippen molar-refractivity contribution in [2.75, 3.05) is 11.9 Å². The number of benzene rings is 3. The van der Waals surface area contributed by atoms with Crippen LogP contribution >= 0.6 is 0 Å². The van der Waals surface area contributed by atoms with Gasteiger partial charge in [0.2, 0.25) is 0 Å². The molecule has 2 aromatic heterocycles. The van der Waals surface area contributed by atoms with Crippen LogP contribution in [0.4, 0.5) is 10.5 Å². The molecular weight excluding hydrogens is 504 g/mol. The number of hydrogen-bond donors (Lipinski definition) is 3. The highest BCUT2D eigenvalue weighted by Crippen LogP contribution is 2.39. The van der Waals surface area contributed by atoms with Crippen LogP contribution in [0.25, 0.3) is 22.3 Å². The molecule has 1 aliphatic carbocycles. The van der Waals surface area contributed by atoms with Crippen molar-refractivity contribution in [2.45, 2.75) is 31.6 Å². The van der Waals surface area contributed by atoms with Crippen LogP contribution in [0.3, 0.4) is 0 Å². The number of anilines is 1. The molecule has 1 saturated carbocycles. The van der Waals surface area contributed by atoms with Crippen molar-refractivity contribution in [3.63, 3.8) is 0 Å². The Morgan fingerprint density at radius 2 is 1.73 bits per heavy atom. The SMILES string of the molecule is O=C(Nc1ccc(O)c(-c2cc(C3CCC3)n(C(=O)NCCc3ccccc3)n2)c1)c1cnc2ccccc2n1. The van der Waals surface area contributed by atoms with Crippen LogP contribution in [0.1, 0.15) is 46.9 Å². The first-order valence-electron chi connectivity index (χ1n) is 13.3. The number of rotatable bonds is 7. The molecule has 40 heavy (non-hydrogen) atoms. The number of nitrogens with zero attached hydrogens (tertiary/aromatic N) is 4. The summed E-state index contributed by atoms with van der Waals surface area (Å²) >= 11 is 0. The van der Waals surface area contributed by atoms with Gasteiger partial charge in [-0.2, -0.15) is 9.78 Å². The quantitative estimate of drug-likeness (QED) is 0.237. The molecule has 0 atom stereocenters. The molecule has 2 heterocycles. The summed E-state index contributed by atoms with van der Waals surface area (Å²) in [6, 6.07) is 23.6. The van der Waals surface area contributed by atoms with Gasteiger partial charge in [-0.25, -0.2) is 9.78 Å². The molecule has 9 heteroatoms. The van der Waals surface area contributed by atoms with E-state index in [2.05, 4.69) is 25.7 Å². The molecule has 0 radical (unpaired) electrons. The van der Waals surface area contributed by atoms with Gasteiger partial charge in [0.15, 0.2) is 0 Å². The molecule has 6 rings (SSSR count). The van der Waals surface area contributed by atoms with E-state index in [4.69, 9.17) is 0 Å². The molecule has 5 aromatic rings. The van der Waals surface area contributed by atoms with E-state index in [-0.39, 0.29) is 23.4 Å². The second kappa shape index (κ2) is 11.0. The van der Waals surface area contributed by atoms with E-state index in [0.717, 1.165) is 30.5 Å². The highest BCUT2D eigenvalue weighted by molar-refractivity contribution is 6.04. The van der Waals surface area contributed by atoms with E-state index in [1.165, 1.54) is 16.9 Å². The summed E-state index contributed by atoms with van der Waals surface area (Å²) in [4.78, 5) is 34.8. The standard InChI is InChI=1S/C31H28N6O3/c38-29-14-13-22(34-30(39)27-19-33-24-11-4-5-12-25(24)35-27)17-23(29)26-18-28(21-9-6-10-21)37(36-26)31(40)32-16-15-20-7-2-1-3-8-20/h1-5,7-8,11-14,17-19,21,38H,6,9-10,15-16H2,(H,32,40)(H,34,39). The number of phenols is 1. The number of aromatic nitrogens is 4. The summed E-state index contributed by atoms with van der Waals surface area (Å²) in [5.74, 6) is -0.191. The smallest absolute Gasteiger partial charge is 0.342 e. The number of para-hydroxylation sites is 2. The Kier molecular flexibility index (Phi) is 6.93. The van der Waals surface area contributed by atoms with E-state index >= 15 is 0 Å². The molecule has 0 spiro atoms. The van der Waals surface area contributed by atoms with Gasteiger partial charge >= 0.3 is 6.03 Å². The van der Waals surface area contributed by atoms with Gasteiger partial charge in [-0.05, 0) is 61.2 Å².